The summed E-state index contributed by atoms with van der Waals surface area (Å²) in [5.74, 6) is -0.378. The molecule has 3 aliphatic carbocycles. The van der Waals surface area contributed by atoms with Gasteiger partial charge < -0.3 is 61.4 Å². The number of hydrogen-bond donors (Lipinski definition) is 7. The maximum absolute atomic E-state index is 11.5. The topological polar surface area (TPSA) is 417 Å². The first-order chi connectivity index (χ1) is 65.8. The second-order valence-electron chi connectivity index (χ2n) is 35.1. The molecule has 8 aliphatic rings. The number of benzene rings is 3. The number of methoxy groups -OCH3 is 4. The summed E-state index contributed by atoms with van der Waals surface area (Å²) in [6.07, 6.45) is 30.9. The summed E-state index contributed by atoms with van der Waals surface area (Å²) in [7, 11) is 5.33. The number of nitrogens with two attached hydrogens (primary N) is 1. The maximum Gasteiger partial charge on any atom is 1.00 e. The van der Waals surface area contributed by atoms with Crippen molar-refractivity contribution in [1.29, 1.82) is 0 Å². The Bertz CT molecular complexity index is 5290. The van der Waals surface area contributed by atoms with Gasteiger partial charge in [0.05, 0.1) is 40.6 Å². The van der Waals surface area contributed by atoms with E-state index in [2.05, 4.69) is 220 Å². The van der Waals surface area contributed by atoms with Crippen LogP contribution in [0.25, 0.3) is 18.2 Å². The van der Waals surface area contributed by atoms with Crippen LogP contribution in [0.1, 0.15) is 216 Å². The minimum Gasteiger partial charge on any atom is -0.870 e. The quantitative estimate of drug-likeness (QED) is 0.00918. The molecule has 17 rings (SSSR count). The summed E-state index contributed by atoms with van der Waals surface area (Å²) in [5.41, 5.74) is 20.7. The number of carboxylic acids is 1. The number of carbonyl (C=O) groups is 8. The number of aldehydes is 2. The largest absolute Gasteiger partial charge is 1.00 e. The summed E-state index contributed by atoms with van der Waals surface area (Å²) < 4.78 is 19.1. The summed E-state index contributed by atoms with van der Waals surface area (Å²) in [6, 6.07) is 55.1. The molecule has 8 fully saturated rings. The van der Waals surface area contributed by atoms with E-state index in [-0.39, 0.29) is 78.7 Å². The molecule has 9 N–H and O–H groups in total. The van der Waals surface area contributed by atoms with Gasteiger partial charge in [-0.15, -0.1) is 24.8 Å². The Balaban J connectivity index is 0.000000254. The number of aliphatic hydroxyl groups is 2. The fourth-order valence-electron chi connectivity index (χ4n) is 16.3. The Kier molecular flexibility index (Phi) is 53.4. The molecule has 34 heteroatoms. The van der Waals surface area contributed by atoms with Crippen LogP contribution < -0.4 is 40.5 Å². The second-order valence-corrected chi connectivity index (χ2v) is 36.0. The molecule has 5 aliphatic heterocycles. The molecule has 0 unspecified atom stereocenters. The molecular formula is C106H134BrCl2LiN14O16. The molecule has 3 aromatic carbocycles. The Morgan fingerprint density at radius 3 is 0.993 bits per heavy atom. The van der Waals surface area contributed by atoms with E-state index in [9.17, 15) is 43.5 Å². The van der Waals surface area contributed by atoms with Crippen LogP contribution in [0.4, 0.5) is 0 Å². The van der Waals surface area contributed by atoms with E-state index in [1.165, 1.54) is 112 Å². The maximum atomic E-state index is 11.5. The number of aromatic carboxylic acids is 1. The first-order valence-corrected chi connectivity index (χ1v) is 47.4. The predicted molar refractivity (Wildman–Crippen MR) is 544 cm³/mol. The van der Waals surface area contributed by atoms with Gasteiger partial charge in [0.2, 0.25) is 0 Å². The summed E-state index contributed by atoms with van der Waals surface area (Å²) in [5, 5.41) is 38.2. The summed E-state index contributed by atoms with van der Waals surface area (Å²) in [4.78, 5) is 120. The molecule has 0 amide bonds. The van der Waals surface area contributed by atoms with Crippen molar-refractivity contribution in [2.45, 2.75) is 173 Å². The number of hydrogen-bond acceptors (Lipinski definition) is 29. The number of carboxylic acid groups (broad SMARTS) is 1. The molecule has 9 aromatic rings. The number of esters is 4. The number of aliphatic hydroxyl groups excluding tert-OH is 2. The van der Waals surface area contributed by atoms with Crippen molar-refractivity contribution in [3.05, 3.63) is 301 Å². The number of ketones is 1. The van der Waals surface area contributed by atoms with Crippen LogP contribution in [0.15, 0.2) is 222 Å². The van der Waals surface area contributed by atoms with E-state index in [0.29, 0.717) is 101 Å². The number of rotatable bonds is 25. The zero-order chi connectivity index (χ0) is 97.1. The zero-order valence-electron chi connectivity index (χ0n) is 81.2. The van der Waals surface area contributed by atoms with Gasteiger partial charge in [-0.05, 0) is 252 Å². The normalized spacial score (nSPS) is 19.2. The van der Waals surface area contributed by atoms with Crippen LogP contribution >= 0.6 is 40.7 Å². The number of aromatic nitrogens is 6. The molecule has 0 spiro atoms. The van der Waals surface area contributed by atoms with Crippen molar-refractivity contribution in [2.75, 3.05) is 93.9 Å². The van der Waals surface area contributed by atoms with Crippen molar-refractivity contribution in [3.8, 4) is 0 Å². The van der Waals surface area contributed by atoms with Gasteiger partial charge in [0, 0.05) is 144 Å². The average Bonchev–Trinajstić information content (AvgIpc) is 1.66. The Labute approximate surface area is 854 Å². The van der Waals surface area contributed by atoms with Gasteiger partial charge in [0.25, 0.3) is 0 Å². The number of nitrogens with one attached hydrogen (secondary N) is 3. The van der Waals surface area contributed by atoms with Gasteiger partial charge in [-0.1, -0.05) is 150 Å². The monoisotopic (exact) mass is 2010 g/mol. The summed E-state index contributed by atoms with van der Waals surface area (Å²) >= 11 is 3.15. The van der Waals surface area contributed by atoms with Crippen LogP contribution in [-0.4, -0.2) is 255 Å². The Hall–Kier alpha value is -10.6. The van der Waals surface area contributed by atoms with E-state index >= 15 is 0 Å². The Morgan fingerprint density at radius 1 is 0.414 bits per heavy atom. The van der Waals surface area contributed by atoms with Gasteiger partial charge in [0.1, 0.15) is 38.9 Å². The van der Waals surface area contributed by atoms with Crippen LogP contribution in [0, 0.1) is 17.8 Å². The molecule has 5 saturated heterocycles. The molecule has 30 nitrogen and oxygen atoms in total. The number of halogens is 3. The zero-order valence-corrected chi connectivity index (χ0v) is 84.5. The van der Waals surface area contributed by atoms with Gasteiger partial charge in [-0.3, -0.25) is 34.0 Å². The van der Waals surface area contributed by atoms with E-state index in [0.717, 1.165) is 170 Å². The first kappa shape index (κ1) is 118. The van der Waals surface area contributed by atoms with Crippen LogP contribution in [0.3, 0.4) is 0 Å². The number of likely N-dealkylation sites (tertiary alicyclic amines) is 4. The van der Waals surface area contributed by atoms with Crippen LogP contribution in [0.5, 0.6) is 0 Å². The number of nitrogens with zero attached hydrogens (tertiary/aromatic N) is 10. The van der Waals surface area contributed by atoms with Crippen molar-refractivity contribution >= 4 is 107 Å². The van der Waals surface area contributed by atoms with Gasteiger partial charge in [0.15, 0.2) is 12.6 Å². The minimum atomic E-state index is -0.976. The van der Waals surface area contributed by atoms with Crippen LogP contribution in [0.2, 0.25) is 0 Å². The standard InChI is InChI=1S/C25H31N3O2.C24H29N3O2.C13H18N2O3.C13H16N2O3.C12H15N.C8H7NO3.C6H4BrNO.C5H11NO.2ClH.Li.H2O/c1-18(14-19-6-4-3-5-7-19)22-15-24(22)27-21-10-12-28(13-11-21)17-20-8-9-23(26-16-20)25(29)30-2;1-17(13-18-5-3-2-4-6-18)21-14-23(21)26-20-9-11-27(12-10-20)16-19-7-8-22(24(28)29)25-15-19;2*1-18-13(17)12-3-2-10(8-14-12)9-15-6-4-11(16)5-7-15;1-9(11-8-12(11)13)7-10-5-3-2-4-6-10;1-12-8(11)7-3-2-6(5-10)4-9-7;7-6-2-1-5(4-9)3-8-6;7-5-1-3-6-4-2-5;;;;/h3-9,14,16,21-22,24,27H,10-13,15,17H2,1-2H3;2-8,13,15,20-21,23,26H,9-12,14,16H2,1H3,(H,28,29);2-3,8,11,16H,4-7,9H2,1H3;2-3,8H,4-7,9H2,1H3;2-7,11-12H,8,13H2,1H3;2-5H,1H3;1-4H;5-7H,1-4H2;2*1H;;1H2/q;;;;;;;;;;+1;/p-1/b18-14+;17-13+;;;9-7+;;;;;;;/t22-,24+;21-,23+;;;11-,12+;;;;;;;/m00..0......./s1. The molecule has 140 heavy (non-hydrogen) atoms. The SMILES string of the molecule is C/C(=C\c1ccccc1)[C@@H]1C[C@H]1N.C/C(=C\c1ccccc1)[C@@H]1C[C@H]1NC1CCN(Cc2ccc(C(=O)O)nc2)CC1.COC(=O)c1ccc(C=O)cn1.COC(=O)c1ccc(CN2CCC(=O)CC2)cn1.COC(=O)c1ccc(CN2CCC(N[C@@H]3C[C@H]3/C(C)=C/c3ccccc3)CC2)cn1.COC(=O)c1ccc(CN2CCC(O)CC2)cn1.Cl.Cl.O=Cc1ccc(Br)nc1.OC1CCNCC1.[Li+].[OH-]. The third-order valence-electron chi connectivity index (χ3n) is 24.6. The Morgan fingerprint density at radius 2 is 0.714 bits per heavy atom. The van der Waals surface area contributed by atoms with Crippen molar-refractivity contribution in [3.63, 3.8) is 0 Å². The van der Waals surface area contributed by atoms with Crippen molar-refractivity contribution in [2.24, 2.45) is 23.5 Å². The smallest absolute Gasteiger partial charge is 0.870 e. The molecule has 6 atom stereocenters. The van der Waals surface area contributed by atoms with E-state index in [1.807, 2.05) is 30.3 Å². The van der Waals surface area contributed by atoms with E-state index in [4.69, 9.17) is 20.7 Å². The number of pyridine rings is 6. The van der Waals surface area contributed by atoms with Crippen LogP contribution in [-0.2, 0) is 49.9 Å². The third kappa shape index (κ3) is 42.3. The molecule has 746 valence electrons. The molecule has 6 aromatic heterocycles. The first-order valence-electron chi connectivity index (χ1n) is 46.6. The van der Waals surface area contributed by atoms with Crippen molar-refractivity contribution < 1.29 is 97.0 Å². The van der Waals surface area contributed by atoms with E-state index in [1.54, 1.807) is 61.2 Å². The molecule has 11 heterocycles. The molecule has 0 bridgehead atoms. The predicted octanol–water partition coefficient (Wildman–Crippen LogP) is 11.8. The average molecular weight is 2020 g/mol. The number of Topliss-reactive ketones (excluding diaryl/α,β-unsaturated/α-hetero) is 1. The van der Waals surface area contributed by atoms with Crippen molar-refractivity contribution in [1.82, 2.24) is 65.5 Å². The molecular weight excluding hydrogens is 1880 g/mol. The number of ether oxygens (including phenoxy) is 4. The summed E-state index contributed by atoms with van der Waals surface area (Å²) in [6.45, 7) is 19.7. The van der Waals surface area contributed by atoms with Gasteiger partial charge in [-0.2, -0.15) is 0 Å². The fraction of sp³-hybridized carbons (Fsp3) is 0.415. The molecule has 3 saturated carbocycles. The van der Waals surface area contributed by atoms with E-state index < -0.39 is 23.9 Å². The fourth-order valence-corrected chi connectivity index (χ4v) is 16.5. The third-order valence-corrected chi connectivity index (χ3v) is 25.1. The number of piperidine rings is 5. The van der Waals surface area contributed by atoms with Gasteiger partial charge in [-0.25, -0.2) is 53.9 Å². The minimum absolute atomic E-state index is 0. The molecule has 0 radical (unpaired) electrons. The van der Waals surface area contributed by atoms with Gasteiger partial charge >= 0.3 is 48.7 Å². The number of carbonyl (C=O) groups excluding carboxylic acids is 7. The second kappa shape index (κ2) is 63.3.